The lowest BCUT2D eigenvalue weighted by Gasteiger charge is -2.46. The molecule has 1 aliphatic heterocycles. The molecule has 1 aliphatic rings. The normalized spacial score (nSPS) is 26.3. The van der Waals surface area contributed by atoms with Gasteiger partial charge < -0.3 is 24.8 Å². The highest BCUT2D eigenvalue weighted by Crippen LogP contribution is 2.40. The van der Waals surface area contributed by atoms with Gasteiger partial charge in [-0.25, -0.2) is 4.39 Å². The average molecular weight is 404 g/mol. The van der Waals surface area contributed by atoms with Gasteiger partial charge in [0.25, 0.3) is 0 Å². The van der Waals surface area contributed by atoms with Crippen LogP contribution >= 0.6 is 0 Å². The van der Waals surface area contributed by atoms with E-state index in [-0.39, 0.29) is 23.2 Å². The maximum absolute atomic E-state index is 13.8. The summed E-state index contributed by atoms with van der Waals surface area (Å²) in [5.41, 5.74) is 1.53. The molecule has 0 saturated carbocycles. The number of aliphatic hydroxyl groups is 2. The Labute approximate surface area is 170 Å². The monoisotopic (exact) mass is 404 g/mol. The van der Waals surface area contributed by atoms with E-state index in [1.54, 1.807) is 31.2 Å². The van der Waals surface area contributed by atoms with Gasteiger partial charge in [0.05, 0.1) is 11.7 Å². The fourth-order valence-electron chi connectivity index (χ4n) is 3.67. The molecule has 4 atom stereocenters. The molecule has 1 saturated heterocycles. The van der Waals surface area contributed by atoms with E-state index >= 15 is 0 Å². The largest absolute Gasteiger partial charge is 0.504 e. The zero-order chi connectivity index (χ0) is 21.3. The van der Waals surface area contributed by atoms with Gasteiger partial charge in [-0.3, -0.25) is 0 Å². The Morgan fingerprint density at radius 3 is 2.52 bits per heavy atom. The minimum absolute atomic E-state index is 0.102. The Kier molecular flexibility index (Phi) is 6.17. The summed E-state index contributed by atoms with van der Waals surface area (Å²) in [5, 5.41) is 31.3. The van der Waals surface area contributed by atoms with E-state index in [1.165, 1.54) is 12.1 Å². The van der Waals surface area contributed by atoms with Crippen molar-refractivity contribution in [3.8, 4) is 22.6 Å². The molecule has 0 bridgehead atoms. The van der Waals surface area contributed by atoms with Crippen LogP contribution in [0.1, 0.15) is 39.7 Å². The molecule has 2 aromatic carbocycles. The highest BCUT2D eigenvalue weighted by Gasteiger charge is 2.47. The zero-order valence-corrected chi connectivity index (χ0v) is 17.2. The lowest BCUT2D eigenvalue weighted by Crippen LogP contribution is -2.59. The molecule has 0 amide bonds. The van der Waals surface area contributed by atoms with Crippen LogP contribution in [0, 0.1) is 11.7 Å². The summed E-state index contributed by atoms with van der Waals surface area (Å²) in [6.45, 7) is 7.44. The topological polar surface area (TPSA) is 79.2 Å². The number of aromatic hydroxyl groups is 1. The Balaban J connectivity index is 1.98. The van der Waals surface area contributed by atoms with Gasteiger partial charge in [0.1, 0.15) is 11.9 Å². The first-order valence-corrected chi connectivity index (χ1v) is 9.96. The van der Waals surface area contributed by atoms with Crippen molar-refractivity contribution >= 4 is 0 Å². The van der Waals surface area contributed by atoms with Crippen LogP contribution < -0.4 is 4.74 Å². The number of aryl methyl sites for hydroxylation is 1. The van der Waals surface area contributed by atoms with Gasteiger partial charge in [-0.1, -0.05) is 32.4 Å². The Bertz CT molecular complexity index is 866. The molecule has 0 unspecified atom stereocenters. The van der Waals surface area contributed by atoms with Gasteiger partial charge in [0.2, 0.25) is 6.29 Å². The fourth-order valence-corrected chi connectivity index (χ4v) is 3.67. The quantitative estimate of drug-likeness (QED) is 0.701. The third-order valence-electron chi connectivity index (χ3n) is 5.74. The lowest BCUT2D eigenvalue weighted by atomic mass is 9.82. The second-order valence-corrected chi connectivity index (χ2v) is 8.21. The Morgan fingerprint density at radius 2 is 1.86 bits per heavy atom. The van der Waals surface area contributed by atoms with Crippen LogP contribution in [0.5, 0.6) is 11.5 Å². The highest BCUT2D eigenvalue weighted by atomic mass is 19.1. The summed E-state index contributed by atoms with van der Waals surface area (Å²) in [5.74, 6) is -0.660. The smallest absolute Gasteiger partial charge is 0.229 e. The van der Waals surface area contributed by atoms with Crippen LogP contribution in [-0.2, 0) is 11.2 Å². The number of hydrogen-bond acceptors (Lipinski definition) is 5. The molecule has 0 aromatic heterocycles. The second-order valence-electron chi connectivity index (χ2n) is 8.21. The molecule has 29 heavy (non-hydrogen) atoms. The summed E-state index contributed by atoms with van der Waals surface area (Å²) in [6, 6.07) is 9.44. The first-order valence-electron chi connectivity index (χ1n) is 9.96. The Morgan fingerprint density at radius 1 is 1.14 bits per heavy atom. The summed E-state index contributed by atoms with van der Waals surface area (Å²) in [7, 11) is 0. The van der Waals surface area contributed by atoms with E-state index in [0.717, 1.165) is 17.5 Å². The number of phenolic OH excluding ortho intramolecular Hbond substituents is 1. The van der Waals surface area contributed by atoms with Crippen LogP contribution in [0.25, 0.3) is 11.1 Å². The van der Waals surface area contributed by atoms with E-state index in [2.05, 4.69) is 0 Å². The van der Waals surface area contributed by atoms with Crippen molar-refractivity contribution in [2.75, 3.05) is 0 Å². The third-order valence-corrected chi connectivity index (χ3v) is 5.74. The SMILES string of the molecule is CCCc1cc(O)c(O[C@@H]2OC(C)(C)[C@H](C)[C@@H](O)[C@H]2O)cc1-c1cccc(F)c1. The minimum Gasteiger partial charge on any atom is -0.504 e. The molecule has 2 aromatic rings. The molecule has 1 fully saturated rings. The molecular weight excluding hydrogens is 375 g/mol. The van der Waals surface area contributed by atoms with E-state index in [9.17, 15) is 19.7 Å². The number of rotatable bonds is 5. The zero-order valence-electron chi connectivity index (χ0n) is 17.2. The summed E-state index contributed by atoms with van der Waals surface area (Å²) in [4.78, 5) is 0. The average Bonchev–Trinajstić information content (AvgIpc) is 2.66. The van der Waals surface area contributed by atoms with Crippen molar-refractivity contribution < 1.29 is 29.2 Å². The van der Waals surface area contributed by atoms with Crippen molar-refractivity contribution in [3.63, 3.8) is 0 Å². The van der Waals surface area contributed by atoms with E-state index in [1.807, 2.05) is 20.8 Å². The third kappa shape index (κ3) is 4.39. The molecule has 0 spiro atoms. The Hall–Kier alpha value is -2.15. The minimum atomic E-state index is -1.27. The summed E-state index contributed by atoms with van der Waals surface area (Å²) >= 11 is 0. The molecular formula is C23H29FO5. The standard InChI is InChI=1S/C23H29FO5/c1-5-7-14-11-18(25)19(12-17(14)15-8-6-9-16(24)10-15)28-22-21(27)20(26)13(2)23(3,4)29-22/h6,8-13,20-22,25-27H,5,7H2,1-4H3/t13-,20-,21-,22-/m1/s1. The van der Waals surface area contributed by atoms with Crippen LogP contribution in [0.3, 0.4) is 0 Å². The van der Waals surface area contributed by atoms with Gasteiger partial charge in [-0.2, -0.15) is 0 Å². The first-order chi connectivity index (χ1) is 13.6. The predicted molar refractivity (Wildman–Crippen MR) is 108 cm³/mol. The number of hydrogen-bond donors (Lipinski definition) is 3. The van der Waals surface area contributed by atoms with E-state index in [0.29, 0.717) is 12.0 Å². The van der Waals surface area contributed by atoms with E-state index in [4.69, 9.17) is 9.47 Å². The van der Waals surface area contributed by atoms with Crippen molar-refractivity contribution in [3.05, 3.63) is 47.8 Å². The number of aliphatic hydroxyl groups excluding tert-OH is 2. The lowest BCUT2D eigenvalue weighted by molar-refractivity contribution is -0.285. The fraction of sp³-hybridized carbons (Fsp3) is 0.478. The van der Waals surface area contributed by atoms with Crippen LogP contribution in [-0.4, -0.2) is 39.4 Å². The number of halogens is 1. The molecule has 0 radical (unpaired) electrons. The van der Waals surface area contributed by atoms with Crippen molar-refractivity contribution in [2.45, 2.75) is 64.6 Å². The van der Waals surface area contributed by atoms with Crippen molar-refractivity contribution in [1.82, 2.24) is 0 Å². The molecule has 5 nitrogen and oxygen atoms in total. The molecule has 3 rings (SSSR count). The number of phenols is 1. The number of ether oxygens (including phenoxy) is 2. The molecule has 0 aliphatic carbocycles. The van der Waals surface area contributed by atoms with Crippen molar-refractivity contribution in [1.29, 1.82) is 0 Å². The predicted octanol–water partition coefficient (Wildman–Crippen LogP) is 4.02. The first kappa shape index (κ1) is 21.6. The van der Waals surface area contributed by atoms with Gasteiger partial charge in [-0.15, -0.1) is 0 Å². The maximum atomic E-state index is 13.8. The van der Waals surface area contributed by atoms with E-state index < -0.39 is 24.1 Å². The molecule has 158 valence electrons. The molecule has 1 heterocycles. The van der Waals surface area contributed by atoms with Gasteiger partial charge >= 0.3 is 0 Å². The number of benzene rings is 2. The van der Waals surface area contributed by atoms with Crippen LogP contribution in [0.15, 0.2) is 36.4 Å². The van der Waals surface area contributed by atoms with Gasteiger partial charge in [-0.05, 0) is 61.2 Å². The van der Waals surface area contributed by atoms with Gasteiger partial charge in [0.15, 0.2) is 11.5 Å². The highest BCUT2D eigenvalue weighted by molar-refractivity contribution is 5.71. The van der Waals surface area contributed by atoms with Crippen LogP contribution in [0.4, 0.5) is 4.39 Å². The van der Waals surface area contributed by atoms with Crippen LogP contribution in [0.2, 0.25) is 0 Å². The molecule has 3 N–H and O–H groups in total. The van der Waals surface area contributed by atoms with Crippen molar-refractivity contribution in [2.24, 2.45) is 5.92 Å². The second kappa shape index (κ2) is 8.30. The molecule has 6 heteroatoms. The summed E-state index contributed by atoms with van der Waals surface area (Å²) < 4.78 is 25.4. The maximum Gasteiger partial charge on any atom is 0.229 e. The van der Waals surface area contributed by atoms with Gasteiger partial charge in [0, 0.05) is 5.92 Å². The summed E-state index contributed by atoms with van der Waals surface area (Å²) in [6.07, 6.45) is -1.91.